The zero-order valence-corrected chi connectivity index (χ0v) is 18.0. The van der Waals surface area contributed by atoms with Crippen molar-refractivity contribution in [3.8, 4) is 22.9 Å². The smallest absolute Gasteiger partial charge is 0.261 e. The summed E-state index contributed by atoms with van der Waals surface area (Å²) in [6.07, 6.45) is 0. The maximum absolute atomic E-state index is 12.7. The van der Waals surface area contributed by atoms with E-state index in [9.17, 15) is 4.79 Å². The quantitative estimate of drug-likeness (QED) is 0.498. The number of ether oxygens (including phenoxy) is 2. The Kier molecular flexibility index (Phi) is 6.87. The van der Waals surface area contributed by atoms with Gasteiger partial charge in [0.15, 0.2) is 6.61 Å². The number of halogens is 1. The van der Waals surface area contributed by atoms with E-state index in [-0.39, 0.29) is 25.1 Å². The number of amides is 1. The van der Waals surface area contributed by atoms with Crippen LogP contribution in [-0.4, -0.2) is 40.7 Å². The Morgan fingerprint density at radius 3 is 2.38 bits per heavy atom. The number of nitrogens with zero attached hydrogens (tertiary/aromatic N) is 3. The molecule has 0 bridgehead atoms. The minimum Gasteiger partial charge on any atom is -0.497 e. The molecule has 0 unspecified atom stereocenters. The first kappa shape index (κ1) is 20.9. The van der Waals surface area contributed by atoms with Gasteiger partial charge in [-0.15, -0.1) is 0 Å². The number of hydrogen-bond donors (Lipinski definition) is 0. The Labute approximate surface area is 177 Å². The van der Waals surface area contributed by atoms with Gasteiger partial charge < -0.3 is 18.9 Å². The standard InChI is InChI=1S/C21H22BrN3O4/c1-14(2)25(20(26)13-28-18-10-6-16(22)7-11-18)12-19-23-21(24-29-19)15-4-8-17(27-3)9-5-15/h4-11,14H,12-13H2,1-3H3. The molecule has 3 aromatic rings. The van der Waals surface area contributed by atoms with E-state index in [1.165, 1.54) is 0 Å². The lowest BCUT2D eigenvalue weighted by Crippen LogP contribution is -2.39. The molecule has 0 spiro atoms. The summed E-state index contributed by atoms with van der Waals surface area (Å²) in [6.45, 7) is 4.00. The molecule has 3 rings (SSSR count). The molecule has 0 saturated heterocycles. The highest BCUT2D eigenvalue weighted by Crippen LogP contribution is 2.21. The molecule has 29 heavy (non-hydrogen) atoms. The molecule has 0 aliphatic heterocycles. The number of aromatic nitrogens is 2. The topological polar surface area (TPSA) is 77.7 Å². The third-order valence-electron chi connectivity index (χ3n) is 4.24. The van der Waals surface area contributed by atoms with Crippen molar-refractivity contribution in [1.29, 1.82) is 0 Å². The second-order valence-corrected chi connectivity index (χ2v) is 7.51. The van der Waals surface area contributed by atoms with E-state index in [1.54, 1.807) is 24.1 Å². The summed E-state index contributed by atoms with van der Waals surface area (Å²) in [4.78, 5) is 18.7. The number of carbonyl (C=O) groups is 1. The van der Waals surface area contributed by atoms with Crippen molar-refractivity contribution >= 4 is 21.8 Å². The molecule has 2 aromatic carbocycles. The summed E-state index contributed by atoms with van der Waals surface area (Å²) in [5.41, 5.74) is 0.807. The first-order valence-corrected chi connectivity index (χ1v) is 9.90. The molecule has 1 aromatic heterocycles. The van der Waals surface area contributed by atoms with Crippen molar-refractivity contribution in [3.63, 3.8) is 0 Å². The van der Waals surface area contributed by atoms with Crippen molar-refractivity contribution in [2.45, 2.75) is 26.4 Å². The van der Waals surface area contributed by atoms with Crippen molar-refractivity contribution in [1.82, 2.24) is 15.0 Å². The van der Waals surface area contributed by atoms with Gasteiger partial charge in [0.2, 0.25) is 11.7 Å². The lowest BCUT2D eigenvalue weighted by molar-refractivity contribution is -0.136. The molecule has 0 aliphatic carbocycles. The first-order chi connectivity index (χ1) is 14.0. The van der Waals surface area contributed by atoms with E-state index in [4.69, 9.17) is 14.0 Å². The number of hydrogen-bond acceptors (Lipinski definition) is 6. The summed E-state index contributed by atoms with van der Waals surface area (Å²) in [6, 6.07) is 14.6. The van der Waals surface area contributed by atoms with Crippen LogP contribution >= 0.6 is 15.9 Å². The minimum atomic E-state index is -0.160. The van der Waals surface area contributed by atoms with Gasteiger partial charge in [-0.2, -0.15) is 4.98 Å². The molecule has 0 aliphatic rings. The molecule has 1 amide bonds. The fraction of sp³-hybridized carbons (Fsp3) is 0.286. The summed E-state index contributed by atoms with van der Waals surface area (Å²) >= 11 is 3.37. The Balaban J connectivity index is 1.64. The zero-order chi connectivity index (χ0) is 20.8. The maximum Gasteiger partial charge on any atom is 0.261 e. The Hall–Kier alpha value is -2.87. The normalized spacial score (nSPS) is 10.8. The largest absolute Gasteiger partial charge is 0.497 e. The van der Waals surface area contributed by atoms with Crippen molar-refractivity contribution < 1.29 is 18.8 Å². The predicted octanol–water partition coefficient (Wildman–Crippen LogP) is 4.32. The van der Waals surface area contributed by atoms with Gasteiger partial charge in [-0.3, -0.25) is 4.79 Å². The predicted molar refractivity (Wildman–Crippen MR) is 112 cm³/mol. The lowest BCUT2D eigenvalue weighted by atomic mass is 10.2. The summed E-state index contributed by atoms with van der Waals surface area (Å²) < 4.78 is 17.0. The average molecular weight is 460 g/mol. The molecule has 7 nitrogen and oxygen atoms in total. The second kappa shape index (κ2) is 9.56. The number of methoxy groups -OCH3 is 1. The molecule has 0 fully saturated rings. The van der Waals surface area contributed by atoms with Crippen LogP contribution in [0.4, 0.5) is 0 Å². The van der Waals surface area contributed by atoms with Gasteiger partial charge in [0.25, 0.3) is 5.91 Å². The van der Waals surface area contributed by atoms with Crippen LogP contribution in [0.5, 0.6) is 11.5 Å². The van der Waals surface area contributed by atoms with E-state index in [0.29, 0.717) is 17.5 Å². The van der Waals surface area contributed by atoms with Gasteiger partial charge in [0.1, 0.15) is 18.0 Å². The first-order valence-electron chi connectivity index (χ1n) is 9.11. The van der Waals surface area contributed by atoms with Crippen LogP contribution in [0, 0.1) is 0 Å². The number of rotatable bonds is 8. The molecule has 0 radical (unpaired) electrons. The van der Waals surface area contributed by atoms with E-state index in [0.717, 1.165) is 15.8 Å². The van der Waals surface area contributed by atoms with Crippen LogP contribution in [0.3, 0.4) is 0 Å². The van der Waals surface area contributed by atoms with Gasteiger partial charge in [-0.25, -0.2) is 0 Å². The third kappa shape index (κ3) is 5.57. The molecular weight excluding hydrogens is 438 g/mol. The third-order valence-corrected chi connectivity index (χ3v) is 4.77. The second-order valence-electron chi connectivity index (χ2n) is 6.60. The van der Waals surface area contributed by atoms with Crippen LogP contribution in [0.1, 0.15) is 19.7 Å². The van der Waals surface area contributed by atoms with Crippen LogP contribution in [0.25, 0.3) is 11.4 Å². The van der Waals surface area contributed by atoms with Crippen LogP contribution < -0.4 is 9.47 Å². The molecule has 1 heterocycles. The van der Waals surface area contributed by atoms with Gasteiger partial charge >= 0.3 is 0 Å². The Morgan fingerprint density at radius 2 is 1.76 bits per heavy atom. The highest BCUT2D eigenvalue weighted by atomic mass is 79.9. The van der Waals surface area contributed by atoms with Gasteiger partial charge in [-0.1, -0.05) is 21.1 Å². The molecular formula is C21H22BrN3O4. The minimum absolute atomic E-state index is 0.0487. The highest BCUT2D eigenvalue weighted by Gasteiger charge is 2.21. The van der Waals surface area contributed by atoms with Crippen molar-refractivity contribution in [2.24, 2.45) is 0 Å². The van der Waals surface area contributed by atoms with Gasteiger partial charge in [0, 0.05) is 16.1 Å². The molecule has 152 valence electrons. The summed E-state index contributed by atoms with van der Waals surface area (Å²) in [7, 11) is 1.61. The molecule has 0 atom stereocenters. The van der Waals surface area contributed by atoms with Crippen LogP contribution in [0.2, 0.25) is 0 Å². The lowest BCUT2D eigenvalue weighted by Gasteiger charge is -2.25. The fourth-order valence-electron chi connectivity index (χ4n) is 2.64. The van der Waals surface area contributed by atoms with E-state index >= 15 is 0 Å². The molecule has 8 heteroatoms. The van der Waals surface area contributed by atoms with Gasteiger partial charge in [0.05, 0.1) is 7.11 Å². The highest BCUT2D eigenvalue weighted by molar-refractivity contribution is 9.10. The average Bonchev–Trinajstić information content (AvgIpc) is 3.20. The Bertz CT molecular complexity index is 939. The van der Waals surface area contributed by atoms with Crippen LogP contribution in [0.15, 0.2) is 57.5 Å². The van der Waals surface area contributed by atoms with E-state index in [1.807, 2.05) is 50.2 Å². The monoisotopic (exact) mass is 459 g/mol. The SMILES string of the molecule is COc1ccc(-c2noc(CN(C(=O)COc3ccc(Br)cc3)C(C)C)n2)cc1. The van der Waals surface area contributed by atoms with Crippen molar-refractivity contribution in [2.75, 3.05) is 13.7 Å². The van der Waals surface area contributed by atoms with E-state index < -0.39 is 0 Å². The summed E-state index contributed by atoms with van der Waals surface area (Å²) in [5.74, 6) is 2.04. The van der Waals surface area contributed by atoms with Crippen molar-refractivity contribution in [3.05, 3.63) is 58.9 Å². The maximum atomic E-state index is 12.7. The fourth-order valence-corrected chi connectivity index (χ4v) is 2.90. The van der Waals surface area contributed by atoms with Crippen LogP contribution in [-0.2, 0) is 11.3 Å². The summed E-state index contributed by atoms with van der Waals surface area (Å²) in [5, 5.41) is 4.01. The number of carbonyl (C=O) groups excluding carboxylic acids is 1. The molecule has 0 N–H and O–H groups in total. The zero-order valence-electron chi connectivity index (χ0n) is 16.5. The van der Waals surface area contributed by atoms with Gasteiger partial charge in [-0.05, 0) is 62.4 Å². The van der Waals surface area contributed by atoms with E-state index in [2.05, 4.69) is 26.1 Å². The Morgan fingerprint density at radius 1 is 1.10 bits per heavy atom. The molecule has 0 saturated carbocycles. The number of benzene rings is 2.